The fraction of sp³-hybridized carbons (Fsp3) is 0.500. The first-order chi connectivity index (χ1) is 8.38. The lowest BCUT2D eigenvalue weighted by atomic mass is 9.91. The zero-order chi connectivity index (χ0) is 11.7. The number of para-hydroxylation sites is 2. The lowest BCUT2D eigenvalue weighted by molar-refractivity contribution is 0.299. The second-order valence-corrected chi connectivity index (χ2v) is 4.95. The number of rotatable bonds is 2. The van der Waals surface area contributed by atoms with Crippen LogP contribution in [-0.2, 0) is 0 Å². The van der Waals surface area contributed by atoms with E-state index >= 15 is 0 Å². The van der Waals surface area contributed by atoms with Crippen molar-refractivity contribution >= 4 is 11.0 Å². The minimum absolute atomic E-state index is 0.605. The van der Waals surface area contributed by atoms with Crippen LogP contribution in [0.3, 0.4) is 0 Å². The number of nitrogens with one attached hydrogen (secondary N) is 1. The molecule has 3 heteroatoms. The Hall–Kier alpha value is -1.35. The van der Waals surface area contributed by atoms with Gasteiger partial charge in [-0.3, -0.25) is 0 Å². The standard InChI is InChI=1S/C14H19N3/c1-15-11-5-4-6-12(9-11)17-10-16-13-7-2-3-8-14(13)17/h2-3,7-8,10-12,15H,4-6,9H2,1H3. The van der Waals surface area contributed by atoms with Crippen molar-refractivity contribution in [3.8, 4) is 0 Å². The van der Waals surface area contributed by atoms with Crippen LogP contribution in [0, 0.1) is 0 Å². The van der Waals surface area contributed by atoms with Gasteiger partial charge >= 0.3 is 0 Å². The zero-order valence-electron chi connectivity index (χ0n) is 10.3. The first-order valence-corrected chi connectivity index (χ1v) is 6.47. The van der Waals surface area contributed by atoms with Crippen molar-refractivity contribution in [2.45, 2.75) is 37.8 Å². The average Bonchev–Trinajstić information content (AvgIpc) is 2.82. The minimum atomic E-state index is 0.605. The van der Waals surface area contributed by atoms with Gasteiger partial charge in [0.25, 0.3) is 0 Å². The number of imidazole rings is 1. The molecule has 2 aromatic rings. The second-order valence-electron chi connectivity index (χ2n) is 4.95. The fourth-order valence-corrected chi connectivity index (χ4v) is 2.95. The van der Waals surface area contributed by atoms with Crippen LogP contribution >= 0.6 is 0 Å². The number of hydrogen-bond acceptors (Lipinski definition) is 2. The summed E-state index contributed by atoms with van der Waals surface area (Å²) < 4.78 is 2.36. The summed E-state index contributed by atoms with van der Waals surface area (Å²) in [5.74, 6) is 0. The van der Waals surface area contributed by atoms with Crippen molar-refractivity contribution in [1.82, 2.24) is 14.9 Å². The number of hydrogen-bond donors (Lipinski definition) is 1. The molecule has 3 nitrogen and oxygen atoms in total. The van der Waals surface area contributed by atoms with Gasteiger partial charge in [-0.15, -0.1) is 0 Å². The van der Waals surface area contributed by atoms with Crippen molar-refractivity contribution in [2.24, 2.45) is 0 Å². The highest BCUT2D eigenvalue weighted by atomic mass is 15.1. The first-order valence-electron chi connectivity index (χ1n) is 6.47. The van der Waals surface area contributed by atoms with Gasteiger partial charge in [-0.05, 0) is 44.9 Å². The number of nitrogens with zero attached hydrogens (tertiary/aromatic N) is 2. The summed E-state index contributed by atoms with van der Waals surface area (Å²) in [6, 6.07) is 9.68. The molecule has 1 heterocycles. The Bertz CT molecular complexity index is 503. The highest BCUT2D eigenvalue weighted by Gasteiger charge is 2.22. The van der Waals surface area contributed by atoms with Crippen molar-refractivity contribution in [2.75, 3.05) is 7.05 Å². The average molecular weight is 229 g/mol. The number of aromatic nitrogens is 2. The third-order valence-corrected chi connectivity index (χ3v) is 3.93. The van der Waals surface area contributed by atoms with E-state index in [0.717, 1.165) is 5.52 Å². The Balaban J connectivity index is 1.92. The molecule has 2 atom stereocenters. The summed E-state index contributed by atoms with van der Waals surface area (Å²) in [5.41, 5.74) is 2.38. The van der Waals surface area contributed by atoms with Gasteiger partial charge in [0.1, 0.15) is 0 Å². The maximum absolute atomic E-state index is 4.49. The van der Waals surface area contributed by atoms with E-state index in [1.165, 1.54) is 31.2 Å². The van der Waals surface area contributed by atoms with Gasteiger partial charge < -0.3 is 9.88 Å². The molecule has 0 aliphatic heterocycles. The highest BCUT2D eigenvalue weighted by molar-refractivity contribution is 5.75. The van der Waals surface area contributed by atoms with Gasteiger partial charge in [-0.25, -0.2) is 4.98 Å². The molecule has 1 aromatic heterocycles. The van der Waals surface area contributed by atoms with Gasteiger partial charge in [-0.1, -0.05) is 12.1 Å². The molecular weight excluding hydrogens is 210 g/mol. The molecule has 0 radical (unpaired) electrons. The van der Waals surface area contributed by atoms with E-state index < -0.39 is 0 Å². The second kappa shape index (κ2) is 4.49. The summed E-state index contributed by atoms with van der Waals surface area (Å²) in [6.07, 6.45) is 7.12. The minimum Gasteiger partial charge on any atom is -0.327 e. The molecule has 0 spiro atoms. The van der Waals surface area contributed by atoms with Crippen LogP contribution in [-0.4, -0.2) is 22.6 Å². The Kier molecular flexibility index (Phi) is 2.85. The Labute approximate surface area is 102 Å². The Morgan fingerprint density at radius 3 is 3.06 bits per heavy atom. The monoisotopic (exact) mass is 229 g/mol. The van der Waals surface area contributed by atoms with Gasteiger partial charge in [0.15, 0.2) is 0 Å². The zero-order valence-corrected chi connectivity index (χ0v) is 10.3. The molecule has 1 saturated carbocycles. The summed E-state index contributed by atoms with van der Waals surface area (Å²) >= 11 is 0. The summed E-state index contributed by atoms with van der Waals surface area (Å²) in [5, 5.41) is 3.41. The molecule has 90 valence electrons. The van der Waals surface area contributed by atoms with Gasteiger partial charge in [-0.2, -0.15) is 0 Å². The molecule has 2 unspecified atom stereocenters. The lowest BCUT2D eigenvalue weighted by Crippen LogP contribution is -2.32. The molecule has 1 aliphatic rings. The van der Waals surface area contributed by atoms with Crippen molar-refractivity contribution < 1.29 is 0 Å². The number of benzene rings is 1. The van der Waals surface area contributed by atoms with Gasteiger partial charge in [0.05, 0.1) is 17.4 Å². The van der Waals surface area contributed by atoms with Crippen LogP contribution in [0.5, 0.6) is 0 Å². The summed E-state index contributed by atoms with van der Waals surface area (Å²) in [6.45, 7) is 0. The fourth-order valence-electron chi connectivity index (χ4n) is 2.95. The topological polar surface area (TPSA) is 29.9 Å². The van der Waals surface area contributed by atoms with Crippen LogP contribution in [0.1, 0.15) is 31.7 Å². The van der Waals surface area contributed by atoms with E-state index in [4.69, 9.17) is 0 Å². The highest BCUT2D eigenvalue weighted by Crippen LogP contribution is 2.30. The molecule has 1 aromatic carbocycles. The first kappa shape index (κ1) is 10.8. The van der Waals surface area contributed by atoms with Crippen LogP contribution in [0.4, 0.5) is 0 Å². The Morgan fingerprint density at radius 2 is 2.18 bits per heavy atom. The maximum Gasteiger partial charge on any atom is 0.0960 e. The quantitative estimate of drug-likeness (QED) is 0.858. The Morgan fingerprint density at radius 1 is 1.29 bits per heavy atom. The van der Waals surface area contributed by atoms with Gasteiger partial charge in [0.2, 0.25) is 0 Å². The van der Waals surface area contributed by atoms with Crippen LogP contribution in [0.25, 0.3) is 11.0 Å². The molecule has 0 amide bonds. The molecule has 1 fully saturated rings. The van der Waals surface area contributed by atoms with Crippen LogP contribution in [0.15, 0.2) is 30.6 Å². The van der Waals surface area contributed by atoms with Crippen LogP contribution in [0.2, 0.25) is 0 Å². The van der Waals surface area contributed by atoms with E-state index in [0.29, 0.717) is 12.1 Å². The van der Waals surface area contributed by atoms with E-state index in [1.807, 2.05) is 6.33 Å². The molecule has 1 N–H and O–H groups in total. The molecule has 1 aliphatic carbocycles. The molecule has 0 bridgehead atoms. The third kappa shape index (κ3) is 1.95. The molecule has 3 rings (SSSR count). The smallest absolute Gasteiger partial charge is 0.0960 e. The van der Waals surface area contributed by atoms with E-state index in [1.54, 1.807) is 0 Å². The van der Waals surface area contributed by atoms with E-state index in [2.05, 4.69) is 46.2 Å². The van der Waals surface area contributed by atoms with Gasteiger partial charge in [0, 0.05) is 12.1 Å². The largest absolute Gasteiger partial charge is 0.327 e. The van der Waals surface area contributed by atoms with Crippen LogP contribution < -0.4 is 5.32 Å². The number of fused-ring (bicyclic) bond motifs is 1. The molecule has 17 heavy (non-hydrogen) atoms. The molecule has 0 saturated heterocycles. The molecular formula is C14H19N3. The maximum atomic E-state index is 4.49. The van der Waals surface area contributed by atoms with E-state index in [-0.39, 0.29) is 0 Å². The SMILES string of the molecule is CNC1CCCC(n2cnc3ccccc32)C1. The van der Waals surface area contributed by atoms with Crippen molar-refractivity contribution in [3.05, 3.63) is 30.6 Å². The normalized spacial score (nSPS) is 25.2. The summed E-state index contributed by atoms with van der Waals surface area (Å²) in [7, 11) is 2.07. The van der Waals surface area contributed by atoms with Crippen molar-refractivity contribution in [1.29, 1.82) is 0 Å². The third-order valence-electron chi connectivity index (χ3n) is 3.93. The lowest BCUT2D eigenvalue weighted by Gasteiger charge is -2.30. The predicted octanol–water partition coefficient (Wildman–Crippen LogP) is 2.74. The van der Waals surface area contributed by atoms with Crippen molar-refractivity contribution in [3.63, 3.8) is 0 Å². The predicted molar refractivity (Wildman–Crippen MR) is 70.1 cm³/mol. The van der Waals surface area contributed by atoms with E-state index in [9.17, 15) is 0 Å². The summed E-state index contributed by atoms with van der Waals surface area (Å²) in [4.78, 5) is 4.49.